The zero-order valence-electron chi connectivity index (χ0n) is 28.1. The van der Waals surface area contributed by atoms with Gasteiger partial charge < -0.3 is 47.7 Å². The van der Waals surface area contributed by atoms with Gasteiger partial charge in [-0.15, -0.1) is 0 Å². The molecule has 0 spiro atoms. The van der Waals surface area contributed by atoms with Crippen LogP contribution in [0.5, 0.6) is 46.0 Å². The molecule has 49 heavy (non-hydrogen) atoms. The maximum absolute atomic E-state index is 6.10. The summed E-state index contributed by atoms with van der Waals surface area (Å²) in [7, 11) is 9.38. The average molecular weight is 668 g/mol. The van der Waals surface area contributed by atoms with E-state index in [2.05, 4.69) is 15.5 Å². The highest BCUT2D eigenvalue weighted by molar-refractivity contribution is 5.89. The molecule has 1 atom stereocenters. The molecule has 1 aromatic heterocycles. The van der Waals surface area contributed by atoms with Crippen molar-refractivity contribution in [2.45, 2.75) is 6.17 Å². The van der Waals surface area contributed by atoms with Crippen LogP contribution in [0.1, 0.15) is 17.3 Å². The molecule has 0 bridgehead atoms. The number of aliphatic imine (C=N–C) groups is 1. The van der Waals surface area contributed by atoms with Crippen molar-refractivity contribution in [3.63, 3.8) is 0 Å². The van der Waals surface area contributed by atoms with Crippen LogP contribution in [0.4, 0.5) is 5.69 Å². The zero-order chi connectivity index (χ0) is 34.3. The fraction of sp³-hybridized carbons (Fsp3) is 0.243. The molecular weight excluding hydrogens is 630 g/mol. The van der Waals surface area contributed by atoms with Gasteiger partial charge in [-0.3, -0.25) is 4.99 Å². The molecule has 0 amide bonds. The molecule has 0 radical (unpaired) electrons. The van der Waals surface area contributed by atoms with Crippen LogP contribution in [0, 0.1) is 0 Å². The van der Waals surface area contributed by atoms with Gasteiger partial charge in [-0.1, -0.05) is 29.4 Å². The molecule has 12 nitrogen and oxygen atoms in total. The molecule has 2 heterocycles. The molecule has 1 aliphatic rings. The summed E-state index contributed by atoms with van der Waals surface area (Å²) >= 11 is 0. The van der Waals surface area contributed by atoms with E-state index in [1.807, 2.05) is 48.7 Å². The van der Waals surface area contributed by atoms with E-state index in [4.69, 9.17) is 42.4 Å². The van der Waals surface area contributed by atoms with Gasteiger partial charge in [0.15, 0.2) is 40.3 Å². The molecule has 0 fully saturated rings. The lowest BCUT2D eigenvalue weighted by Gasteiger charge is -2.22. The predicted octanol–water partition coefficient (Wildman–Crippen LogP) is 7.06. The monoisotopic (exact) mass is 667 g/mol. The van der Waals surface area contributed by atoms with E-state index in [-0.39, 0.29) is 19.4 Å². The first kappa shape index (κ1) is 32.9. The van der Waals surface area contributed by atoms with Gasteiger partial charge >= 0.3 is 0 Å². The Morgan fingerprint density at radius 2 is 1.24 bits per heavy atom. The molecule has 0 saturated carbocycles. The molecule has 6 rings (SSSR count). The van der Waals surface area contributed by atoms with Crippen LogP contribution in [-0.4, -0.2) is 67.2 Å². The Morgan fingerprint density at radius 1 is 0.612 bits per heavy atom. The highest BCUT2D eigenvalue weighted by atomic mass is 16.6. The fourth-order valence-corrected chi connectivity index (χ4v) is 5.46. The van der Waals surface area contributed by atoms with E-state index in [0.717, 1.165) is 22.4 Å². The van der Waals surface area contributed by atoms with Crippen molar-refractivity contribution in [2.75, 3.05) is 61.2 Å². The lowest BCUT2D eigenvalue weighted by atomic mass is 10.1. The Morgan fingerprint density at radius 3 is 1.92 bits per heavy atom. The molecular formula is C37H37N3O9. The maximum atomic E-state index is 6.10. The summed E-state index contributed by atoms with van der Waals surface area (Å²) in [5, 5.41) is 7.72. The third-order valence-electron chi connectivity index (χ3n) is 7.92. The molecule has 1 unspecified atom stereocenters. The minimum absolute atomic E-state index is 0.204. The number of ether oxygens (including phenoxy) is 8. The Labute approximate surface area is 284 Å². The fourth-order valence-electron chi connectivity index (χ4n) is 5.46. The van der Waals surface area contributed by atoms with Crippen molar-refractivity contribution in [3.05, 3.63) is 83.9 Å². The Bertz CT molecular complexity index is 1910. The summed E-state index contributed by atoms with van der Waals surface area (Å²) < 4.78 is 51.3. The number of methoxy groups -OCH3 is 6. The number of nitrogens with one attached hydrogen (secondary N) is 1. The molecule has 12 heteroatoms. The van der Waals surface area contributed by atoms with E-state index < -0.39 is 0 Å². The smallest absolute Gasteiger partial charge is 0.203 e. The van der Waals surface area contributed by atoms with Crippen molar-refractivity contribution in [1.82, 2.24) is 5.16 Å². The first-order valence-corrected chi connectivity index (χ1v) is 15.4. The Kier molecular flexibility index (Phi) is 9.93. The van der Waals surface area contributed by atoms with Crippen LogP contribution in [0.25, 0.3) is 22.6 Å². The lowest BCUT2D eigenvalue weighted by molar-refractivity contribution is 0.200. The third-order valence-corrected chi connectivity index (χ3v) is 7.92. The molecule has 1 N–H and O–H groups in total. The highest BCUT2D eigenvalue weighted by Gasteiger charge is 2.21. The molecule has 0 saturated heterocycles. The normalized spacial score (nSPS) is 13.1. The molecule has 1 aliphatic heterocycles. The number of para-hydroxylation sites is 1. The van der Waals surface area contributed by atoms with Crippen molar-refractivity contribution < 1.29 is 42.4 Å². The van der Waals surface area contributed by atoms with Crippen LogP contribution in [-0.2, 0) is 0 Å². The number of anilines is 1. The quantitative estimate of drug-likeness (QED) is 0.122. The summed E-state index contributed by atoms with van der Waals surface area (Å²) in [4.78, 5) is 4.65. The minimum Gasteiger partial charge on any atom is -0.493 e. The summed E-state index contributed by atoms with van der Waals surface area (Å²) in [6.07, 6.45) is 1.64. The second-order valence-electron chi connectivity index (χ2n) is 10.7. The van der Waals surface area contributed by atoms with Crippen LogP contribution in [0.15, 0.2) is 82.3 Å². The SMILES string of the molecule is COc1cc(C2N=Cc3ccccc3N2)ccc1OCCOc1c(OC)cc(-c2cc(-c3cc(OC)c(OC)c(OC)c3)no2)cc1OC. The van der Waals surface area contributed by atoms with Gasteiger partial charge in [-0.25, -0.2) is 0 Å². The van der Waals surface area contributed by atoms with Gasteiger partial charge in [0.1, 0.15) is 25.1 Å². The Hall–Kier alpha value is -6.04. The predicted molar refractivity (Wildman–Crippen MR) is 185 cm³/mol. The maximum Gasteiger partial charge on any atom is 0.203 e. The zero-order valence-corrected chi connectivity index (χ0v) is 28.1. The van der Waals surface area contributed by atoms with E-state index in [1.165, 1.54) is 0 Å². The van der Waals surface area contributed by atoms with Crippen LogP contribution >= 0.6 is 0 Å². The van der Waals surface area contributed by atoms with Gasteiger partial charge in [0.05, 0.1) is 42.7 Å². The minimum atomic E-state index is -0.234. The number of hydrogen-bond acceptors (Lipinski definition) is 12. The van der Waals surface area contributed by atoms with Gasteiger partial charge in [0, 0.05) is 40.2 Å². The van der Waals surface area contributed by atoms with Crippen LogP contribution < -0.4 is 43.2 Å². The summed E-state index contributed by atoms with van der Waals surface area (Å²) in [5.41, 5.74) is 4.99. The van der Waals surface area contributed by atoms with Crippen molar-refractivity contribution in [1.29, 1.82) is 0 Å². The van der Waals surface area contributed by atoms with Gasteiger partial charge in [0.25, 0.3) is 0 Å². The van der Waals surface area contributed by atoms with E-state index >= 15 is 0 Å². The van der Waals surface area contributed by atoms with Crippen molar-refractivity contribution in [3.8, 4) is 68.6 Å². The highest BCUT2D eigenvalue weighted by Crippen LogP contribution is 2.44. The second kappa shape index (κ2) is 14.8. The number of benzene rings is 4. The molecule has 4 aromatic carbocycles. The van der Waals surface area contributed by atoms with Gasteiger partial charge in [-0.2, -0.15) is 0 Å². The average Bonchev–Trinajstić information content (AvgIpc) is 3.66. The van der Waals surface area contributed by atoms with Gasteiger partial charge in [0.2, 0.25) is 11.5 Å². The first-order valence-electron chi connectivity index (χ1n) is 15.4. The molecule has 5 aromatic rings. The lowest BCUT2D eigenvalue weighted by Crippen LogP contribution is -2.15. The molecule has 254 valence electrons. The van der Waals surface area contributed by atoms with Crippen molar-refractivity contribution >= 4 is 11.9 Å². The summed E-state index contributed by atoms with van der Waals surface area (Å²) in [6.45, 7) is 0.438. The number of hydrogen-bond donors (Lipinski definition) is 1. The topological polar surface area (TPSA) is 124 Å². The largest absolute Gasteiger partial charge is 0.493 e. The van der Waals surface area contributed by atoms with Gasteiger partial charge in [-0.05, 0) is 42.5 Å². The number of aromatic nitrogens is 1. The summed E-state index contributed by atoms with van der Waals surface area (Å²) in [5.74, 6) is 4.47. The second-order valence-corrected chi connectivity index (χ2v) is 10.7. The van der Waals surface area contributed by atoms with Crippen LogP contribution in [0.3, 0.4) is 0 Å². The first-order chi connectivity index (χ1) is 24.0. The standard InChI is InChI=1S/C37H37N3O9/c1-41-30-15-22(37-38-21-23-9-7-8-10-26(23)39-37)11-12-28(30)47-13-14-48-36-33(44-4)18-25(19-34(36)45-5)29-20-27(40-49-29)24-16-31(42-2)35(46-6)32(17-24)43-3/h7-12,15-21,37,39H,13-14H2,1-6H3. The van der Waals surface area contributed by atoms with E-state index in [1.54, 1.807) is 73.0 Å². The number of fused-ring (bicyclic) bond motifs is 1. The number of rotatable bonds is 14. The summed E-state index contributed by atoms with van der Waals surface area (Å²) in [6, 6.07) is 22.8. The van der Waals surface area contributed by atoms with Crippen molar-refractivity contribution in [2.24, 2.45) is 4.99 Å². The van der Waals surface area contributed by atoms with E-state index in [9.17, 15) is 0 Å². The number of nitrogens with zero attached hydrogens (tertiary/aromatic N) is 2. The van der Waals surface area contributed by atoms with Crippen LogP contribution in [0.2, 0.25) is 0 Å². The Balaban J connectivity index is 1.14. The third kappa shape index (κ3) is 6.84. The van der Waals surface area contributed by atoms with E-state index in [0.29, 0.717) is 63.0 Å². The molecule has 0 aliphatic carbocycles.